The maximum absolute atomic E-state index is 11.7. The monoisotopic (exact) mass is 226 g/mol. The van der Waals surface area contributed by atoms with E-state index in [0.29, 0.717) is 6.54 Å². The molecule has 2 heterocycles. The SMILES string of the molecule is O=C(NCc1ccn[nH]1)N1CCSCC1. The first-order valence-corrected chi connectivity index (χ1v) is 6.10. The largest absolute Gasteiger partial charge is 0.332 e. The normalized spacial score (nSPS) is 16.4. The van der Waals surface area contributed by atoms with Gasteiger partial charge in [-0.2, -0.15) is 16.9 Å². The van der Waals surface area contributed by atoms with E-state index in [1.165, 1.54) is 0 Å². The summed E-state index contributed by atoms with van der Waals surface area (Å²) in [4.78, 5) is 13.5. The Kier molecular flexibility index (Phi) is 3.49. The number of amides is 2. The van der Waals surface area contributed by atoms with E-state index >= 15 is 0 Å². The zero-order chi connectivity index (χ0) is 10.5. The Morgan fingerprint density at radius 3 is 3.07 bits per heavy atom. The highest BCUT2D eigenvalue weighted by atomic mass is 32.2. The van der Waals surface area contributed by atoms with E-state index in [9.17, 15) is 4.79 Å². The van der Waals surface area contributed by atoms with Gasteiger partial charge in [0.2, 0.25) is 0 Å². The summed E-state index contributed by atoms with van der Waals surface area (Å²) in [5.74, 6) is 2.08. The Hall–Kier alpha value is -1.17. The Balaban J connectivity index is 1.76. The number of carbonyl (C=O) groups is 1. The van der Waals surface area contributed by atoms with Crippen molar-refractivity contribution in [2.24, 2.45) is 0 Å². The third kappa shape index (κ3) is 2.89. The summed E-state index contributed by atoms with van der Waals surface area (Å²) in [5.41, 5.74) is 0.926. The van der Waals surface area contributed by atoms with Crippen molar-refractivity contribution in [1.82, 2.24) is 20.4 Å². The molecule has 82 valence electrons. The molecular formula is C9H14N4OS. The van der Waals surface area contributed by atoms with Crippen LogP contribution < -0.4 is 5.32 Å². The third-order valence-electron chi connectivity index (χ3n) is 2.29. The van der Waals surface area contributed by atoms with Crippen LogP contribution in [0.2, 0.25) is 0 Å². The van der Waals surface area contributed by atoms with Crippen molar-refractivity contribution in [3.8, 4) is 0 Å². The van der Waals surface area contributed by atoms with Gasteiger partial charge in [0, 0.05) is 30.8 Å². The topological polar surface area (TPSA) is 61.0 Å². The van der Waals surface area contributed by atoms with Crippen LogP contribution >= 0.6 is 11.8 Å². The van der Waals surface area contributed by atoms with Crippen LogP contribution in [0.15, 0.2) is 12.3 Å². The van der Waals surface area contributed by atoms with Crippen LogP contribution in [-0.4, -0.2) is 45.7 Å². The van der Waals surface area contributed by atoms with Crippen LogP contribution in [0.25, 0.3) is 0 Å². The quantitative estimate of drug-likeness (QED) is 0.779. The maximum atomic E-state index is 11.7. The molecule has 1 fully saturated rings. The molecule has 2 rings (SSSR count). The van der Waals surface area contributed by atoms with Crippen molar-refractivity contribution < 1.29 is 4.79 Å². The molecule has 2 N–H and O–H groups in total. The van der Waals surface area contributed by atoms with Crippen molar-refractivity contribution in [3.63, 3.8) is 0 Å². The summed E-state index contributed by atoms with van der Waals surface area (Å²) in [6.45, 7) is 2.21. The Morgan fingerprint density at radius 2 is 2.40 bits per heavy atom. The lowest BCUT2D eigenvalue weighted by molar-refractivity contribution is 0.202. The molecule has 6 heteroatoms. The van der Waals surface area contributed by atoms with Crippen LogP contribution in [0.3, 0.4) is 0 Å². The summed E-state index contributed by atoms with van der Waals surface area (Å²) in [6, 6.07) is 1.87. The van der Waals surface area contributed by atoms with Gasteiger partial charge in [0.1, 0.15) is 0 Å². The van der Waals surface area contributed by atoms with Gasteiger partial charge in [0.05, 0.1) is 12.2 Å². The van der Waals surface area contributed by atoms with Gasteiger partial charge in [0.25, 0.3) is 0 Å². The van der Waals surface area contributed by atoms with E-state index in [4.69, 9.17) is 0 Å². The van der Waals surface area contributed by atoms with Gasteiger partial charge in [-0.05, 0) is 6.07 Å². The number of nitrogens with zero attached hydrogens (tertiary/aromatic N) is 2. The number of hydrogen-bond acceptors (Lipinski definition) is 3. The van der Waals surface area contributed by atoms with E-state index < -0.39 is 0 Å². The lowest BCUT2D eigenvalue weighted by atomic mass is 10.4. The average molecular weight is 226 g/mol. The number of thioether (sulfide) groups is 1. The number of rotatable bonds is 2. The number of aromatic nitrogens is 2. The minimum Gasteiger partial charge on any atom is -0.332 e. The van der Waals surface area contributed by atoms with Crippen LogP contribution in [0, 0.1) is 0 Å². The summed E-state index contributed by atoms with van der Waals surface area (Å²) >= 11 is 1.89. The number of nitrogens with one attached hydrogen (secondary N) is 2. The smallest absolute Gasteiger partial charge is 0.317 e. The molecule has 0 unspecified atom stereocenters. The van der Waals surface area contributed by atoms with Crippen molar-refractivity contribution in [1.29, 1.82) is 0 Å². The number of urea groups is 1. The first kappa shape index (κ1) is 10.4. The second-order valence-electron chi connectivity index (χ2n) is 3.34. The second kappa shape index (κ2) is 5.06. The highest BCUT2D eigenvalue weighted by molar-refractivity contribution is 7.99. The fourth-order valence-electron chi connectivity index (χ4n) is 1.43. The lowest BCUT2D eigenvalue weighted by Gasteiger charge is -2.26. The molecule has 15 heavy (non-hydrogen) atoms. The predicted octanol–water partition coefficient (Wildman–Crippen LogP) is 0.668. The van der Waals surface area contributed by atoms with Crippen molar-refractivity contribution >= 4 is 17.8 Å². The Morgan fingerprint density at radius 1 is 1.60 bits per heavy atom. The molecule has 0 bridgehead atoms. The number of hydrogen-bond donors (Lipinski definition) is 2. The van der Waals surface area contributed by atoms with E-state index in [1.807, 2.05) is 22.7 Å². The predicted molar refractivity (Wildman–Crippen MR) is 59.7 cm³/mol. The minimum atomic E-state index is 0.0184. The number of carbonyl (C=O) groups excluding carboxylic acids is 1. The maximum Gasteiger partial charge on any atom is 0.317 e. The molecule has 5 nitrogen and oxygen atoms in total. The van der Waals surface area contributed by atoms with Gasteiger partial charge in [0.15, 0.2) is 0 Å². The molecule has 0 spiro atoms. The van der Waals surface area contributed by atoms with Crippen molar-refractivity contribution in [2.45, 2.75) is 6.54 Å². The molecule has 1 saturated heterocycles. The number of H-pyrrole nitrogens is 1. The van der Waals surface area contributed by atoms with E-state index in [2.05, 4.69) is 15.5 Å². The van der Waals surface area contributed by atoms with E-state index in [-0.39, 0.29) is 6.03 Å². The zero-order valence-electron chi connectivity index (χ0n) is 8.40. The fourth-order valence-corrected chi connectivity index (χ4v) is 2.34. The van der Waals surface area contributed by atoms with Crippen LogP contribution in [0.1, 0.15) is 5.69 Å². The van der Waals surface area contributed by atoms with Crippen LogP contribution in [0.5, 0.6) is 0 Å². The second-order valence-corrected chi connectivity index (χ2v) is 4.56. The molecule has 0 aliphatic carbocycles. The van der Waals surface area contributed by atoms with Gasteiger partial charge in [-0.1, -0.05) is 0 Å². The van der Waals surface area contributed by atoms with E-state index in [0.717, 1.165) is 30.3 Å². The van der Waals surface area contributed by atoms with Gasteiger partial charge >= 0.3 is 6.03 Å². The van der Waals surface area contributed by atoms with E-state index in [1.54, 1.807) is 6.20 Å². The van der Waals surface area contributed by atoms with Gasteiger partial charge in [-0.15, -0.1) is 0 Å². The molecule has 1 aromatic rings. The highest BCUT2D eigenvalue weighted by Crippen LogP contribution is 2.08. The molecule has 1 aliphatic rings. The van der Waals surface area contributed by atoms with Gasteiger partial charge in [-0.3, -0.25) is 5.10 Å². The molecule has 1 aromatic heterocycles. The molecular weight excluding hydrogens is 212 g/mol. The van der Waals surface area contributed by atoms with Crippen molar-refractivity contribution in [3.05, 3.63) is 18.0 Å². The minimum absolute atomic E-state index is 0.0184. The van der Waals surface area contributed by atoms with Crippen LogP contribution in [0.4, 0.5) is 4.79 Å². The van der Waals surface area contributed by atoms with Gasteiger partial charge < -0.3 is 10.2 Å². The average Bonchev–Trinajstić information content (AvgIpc) is 2.80. The standard InChI is InChI=1S/C9H14N4OS/c14-9(13-3-5-15-6-4-13)10-7-8-1-2-11-12-8/h1-2H,3-7H2,(H,10,14)(H,11,12). The molecule has 0 saturated carbocycles. The molecule has 0 radical (unpaired) electrons. The molecule has 0 atom stereocenters. The van der Waals surface area contributed by atoms with Crippen LogP contribution in [-0.2, 0) is 6.54 Å². The van der Waals surface area contributed by atoms with Crippen molar-refractivity contribution in [2.75, 3.05) is 24.6 Å². The Bertz CT molecular complexity index is 308. The summed E-state index contributed by atoms with van der Waals surface area (Å²) in [7, 11) is 0. The zero-order valence-corrected chi connectivity index (χ0v) is 9.22. The summed E-state index contributed by atoms with van der Waals surface area (Å²) in [6.07, 6.45) is 1.68. The first-order chi connectivity index (χ1) is 7.36. The van der Waals surface area contributed by atoms with Gasteiger partial charge in [-0.25, -0.2) is 4.79 Å². The summed E-state index contributed by atoms with van der Waals surface area (Å²) in [5, 5.41) is 9.49. The lowest BCUT2D eigenvalue weighted by Crippen LogP contribution is -2.44. The number of aromatic amines is 1. The summed E-state index contributed by atoms with van der Waals surface area (Å²) < 4.78 is 0. The third-order valence-corrected chi connectivity index (χ3v) is 3.23. The Labute approximate surface area is 92.6 Å². The first-order valence-electron chi connectivity index (χ1n) is 4.95. The molecule has 1 aliphatic heterocycles. The fraction of sp³-hybridized carbons (Fsp3) is 0.556. The molecule has 2 amide bonds. The molecule has 0 aromatic carbocycles. The highest BCUT2D eigenvalue weighted by Gasteiger charge is 2.15.